The summed E-state index contributed by atoms with van der Waals surface area (Å²) in [5, 5.41) is 10.2. The van der Waals surface area contributed by atoms with E-state index in [1.54, 1.807) is 4.68 Å². The number of hydrogen-bond acceptors (Lipinski definition) is 3. The molecule has 0 unspecified atom stereocenters. The summed E-state index contributed by atoms with van der Waals surface area (Å²) in [5.74, 6) is -0.0505. The highest BCUT2D eigenvalue weighted by molar-refractivity contribution is 5.99. The third-order valence-electron chi connectivity index (χ3n) is 3.00. The van der Waals surface area contributed by atoms with Crippen LogP contribution in [-0.2, 0) is 13.5 Å². The number of rotatable bonds is 6. The Morgan fingerprint density at radius 3 is 2.85 bits per heavy atom. The predicted molar refractivity (Wildman–Crippen MR) is 79.9 cm³/mol. The lowest BCUT2D eigenvalue weighted by molar-refractivity contribution is 0.0955. The lowest BCUT2D eigenvalue weighted by atomic mass is 10.1. The number of nitrogens with one attached hydrogen (secondary N) is 2. The van der Waals surface area contributed by atoms with E-state index in [-0.39, 0.29) is 5.91 Å². The fourth-order valence-corrected chi connectivity index (χ4v) is 2.04. The van der Waals surface area contributed by atoms with Gasteiger partial charge in [0.25, 0.3) is 5.91 Å². The number of para-hydroxylation sites is 1. The van der Waals surface area contributed by atoms with Gasteiger partial charge in [0.05, 0.1) is 11.8 Å². The van der Waals surface area contributed by atoms with E-state index >= 15 is 0 Å². The zero-order chi connectivity index (χ0) is 14.4. The number of aromatic nitrogens is 2. The summed E-state index contributed by atoms with van der Waals surface area (Å²) in [4.78, 5) is 12.2. The van der Waals surface area contributed by atoms with Gasteiger partial charge in [-0.2, -0.15) is 5.10 Å². The highest BCUT2D eigenvalue weighted by atomic mass is 16.1. The van der Waals surface area contributed by atoms with Crippen molar-refractivity contribution < 1.29 is 4.79 Å². The van der Waals surface area contributed by atoms with Crippen LogP contribution in [0.25, 0.3) is 0 Å². The number of anilines is 1. The molecule has 0 bridgehead atoms. The summed E-state index contributed by atoms with van der Waals surface area (Å²) < 4.78 is 1.76. The third-order valence-corrected chi connectivity index (χ3v) is 3.00. The molecule has 0 saturated carbocycles. The predicted octanol–water partition coefficient (Wildman–Crippen LogP) is 1.82. The second-order valence-electron chi connectivity index (χ2n) is 4.60. The van der Waals surface area contributed by atoms with Crippen LogP contribution < -0.4 is 10.6 Å². The molecule has 2 N–H and O–H groups in total. The van der Waals surface area contributed by atoms with Crippen molar-refractivity contribution in [1.29, 1.82) is 0 Å². The monoisotopic (exact) mass is 272 g/mol. The Kier molecular flexibility index (Phi) is 4.76. The van der Waals surface area contributed by atoms with E-state index in [9.17, 15) is 4.79 Å². The Hall–Kier alpha value is -2.30. The van der Waals surface area contributed by atoms with Crippen LogP contribution in [0.3, 0.4) is 0 Å². The molecule has 1 aromatic heterocycles. The van der Waals surface area contributed by atoms with Crippen molar-refractivity contribution in [2.24, 2.45) is 7.05 Å². The number of amides is 1. The second-order valence-corrected chi connectivity index (χ2v) is 4.60. The number of carbonyl (C=O) groups excluding carboxylic acids is 1. The van der Waals surface area contributed by atoms with Gasteiger partial charge in [-0.1, -0.05) is 12.1 Å². The van der Waals surface area contributed by atoms with Crippen molar-refractivity contribution in [3.63, 3.8) is 0 Å². The maximum Gasteiger partial charge on any atom is 0.253 e. The zero-order valence-electron chi connectivity index (χ0n) is 11.9. The fourth-order valence-electron chi connectivity index (χ4n) is 2.04. The quantitative estimate of drug-likeness (QED) is 0.843. The molecule has 0 aliphatic rings. The van der Waals surface area contributed by atoms with Crippen LogP contribution in [0.5, 0.6) is 0 Å². The number of carbonyl (C=O) groups is 1. The molecule has 0 spiro atoms. The minimum absolute atomic E-state index is 0.0505. The lowest BCUT2D eigenvalue weighted by Gasteiger charge is -2.10. The summed E-state index contributed by atoms with van der Waals surface area (Å²) in [6, 6.07) is 7.54. The molecule has 1 heterocycles. The maximum absolute atomic E-state index is 12.2. The summed E-state index contributed by atoms with van der Waals surface area (Å²) in [5.41, 5.74) is 2.67. The van der Waals surface area contributed by atoms with E-state index in [0.29, 0.717) is 12.1 Å². The summed E-state index contributed by atoms with van der Waals surface area (Å²) >= 11 is 0. The van der Waals surface area contributed by atoms with Crippen LogP contribution in [0, 0.1) is 0 Å². The zero-order valence-corrected chi connectivity index (χ0v) is 11.9. The van der Waals surface area contributed by atoms with Gasteiger partial charge in [0.15, 0.2) is 0 Å². The second kappa shape index (κ2) is 6.75. The van der Waals surface area contributed by atoms with Crippen LogP contribution in [0.4, 0.5) is 5.69 Å². The van der Waals surface area contributed by atoms with E-state index in [2.05, 4.69) is 15.7 Å². The SMILES string of the molecule is CCNc1ccccc1C(=O)NCCc1cnn(C)c1. The van der Waals surface area contributed by atoms with Gasteiger partial charge in [-0.05, 0) is 31.0 Å². The fraction of sp³-hybridized carbons (Fsp3) is 0.333. The van der Waals surface area contributed by atoms with Crippen LogP contribution in [0.2, 0.25) is 0 Å². The van der Waals surface area contributed by atoms with Crippen molar-refractivity contribution in [3.05, 3.63) is 47.8 Å². The van der Waals surface area contributed by atoms with Crippen LogP contribution in [0.1, 0.15) is 22.8 Å². The molecule has 2 rings (SSSR count). The Morgan fingerprint density at radius 2 is 2.15 bits per heavy atom. The molecule has 20 heavy (non-hydrogen) atoms. The molecule has 106 valence electrons. The molecule has 0 fully saturated rings. The molecule has 0 radical (unpaired) electrons. The molecule has 0 aliphatic carbocycles. The van der Waals surface area contributed by atoms with E-state index in [1.165, 1.54) is 0 Å². The first-order chi connectivity index (χ1) is 9.70. The van der Waals surface area contributed by atoms with E-state index in [0.717, 1.165) is 24.2 Å². The van der Waals surface area contributed by atoms with Crippen LogP contribution in [0.15, 0.2) is 36.7 Å². The topological polar surface area (TPSA) is 59.0 Å². The molecule has 1 aromatic carbocycles. The minimum Gasteiger partial charge on any atom is -0.385 e. The Bertz CT molecular complexity index is 577. The summed E-state index contributed by atoms with van der Waals surface area (Å²) in [7, 11) is 1.88. The van der Waals surface area contributed by atoms with Gasteiger partial charge in [0, 0.05) is 32.0 Å². The maximum atomic E-state index is 12.2. The summed E-state index contributed by atoms with van der Waals surface area (Å²) in [6.07, 6.45) is 4.56. The Labute approximate surface area is 119 Å². The van der Waals surface area contributed by atoms with Crippen molar-refractivity contribution >= 4 is 11.6 Å². The van der Waals surface area contributed by atoms with E-state index in [1.807, 2.05) is 50.6 Å². The summed E-state index contributed by atoms with van der Waals surface area (Å²) in [6.45, 7) is 3.40. The molecular formula is C15H20N4O. The molecule has 0 atom stereocenters. The number of aryl methyl sites for hydroxylation is 1. The first-order valence-corrected chi connectivity index (χ1v) is 6.79. The Morgan fingerprint density at radius 1 is 1.35 bits per heavy atom. The Balaban J connectivity index is 1.91. The third kappa shape index (κ3) is 3.60. The van der Waals surface area contributed by atoms with Crippen molar-refractivity contribution in [2.75, 3.05) is 18.4 Å². The average Bonchev–Trinajstić information content (AvgIpc) is 2.85. The number of hydrogen-bond donors (Lipinski definition) is 2. The minimum atomic E-state index is -0.0505. The molecule has 5 heteroatoms. The first kappa shape index (κ1) is 14.1. The van der Waals surface area contributed by atoms with Gasteiger partial charge < -0.3 is 10.6 Å². The molecular weight excluding hydrogens is 252 g/mol. The molecule has 0 aliphatic heterocycles. The van der Waals surface area contributed by atoms with E-state index in [4.69, 9.17) is 0 Å². The molecule has 5 nitrogen and oxygen atoms in total. The number of benzene rings is 1. The average molecular weight is 272 g/mol. The van der Waals surface area contributed by atoms with Gasteiger partial charge in [0.2, 0.25) is 0 Å². The van der Waals surface area contributed by atoms with Crippen LogP contribution in [-0.4, -0.2) is 28.8 Å². The van der Waals surface area contributed by atoms with E-state index < -0.39 is 0 Å². The standard InChI is InChI=1S/C15H20N4O/c1-3-16-14-7-5-4-6-13(14)15(20)17-9-8-12-10-18-19(2)11-12/h4-7,10-11,16H,3,8-9H2,1-2H3,(H,17,20). The van der Waals surface area contributed by atoms with Gasteiger partial charge >= 0.3 is 0 Å². The lowest BCUT2D eigenvalue weighted by Crippen LogP contribution is -2.26. The van der Waals surface area contributed by atoms with Gasteiger partial charge in [-0.3, -0.25) is 9.48 Å². The largest absolute Gasteiger partial charge is 0.385 e. The van der Waals surface area contributed by atoms with Gasteiger partial charge in [-0.25, -0.2) is 0 Å². The van der Waals surface area contributed by atoms with Gasteiger partial charge in [-0.15, -0.1) is 0 Å². The highest BCUT2D eigenvalue weighted by Gasteiger charge is 2.09. The van der Waals surface area contributed by atoms with Crippen molar-refractivity contribution in [2.45, 2.75) is 13.3 Å². The number of nitrogens with zero attached hydrogens (tertiary/aromatic N) is 2. The molecule has 0 saturated heterocycles. The molecule has 2 aromatic rings. The van der Waals surface area contributed by atoms with Crippen LogP contribution >= 0.6 is 0 Å². The normalized spacial score (nSPS) is 10.3. The van der Waals surface area contributed by atoms with Crippen molar-refractivity contribution in [1.82, 2.24) is 15.1 Å². The van der Waals surface area contributed by atoms with Gasteiger partial charge in [0.1, 0.15) is 0 Å². The van der Waals surface area contributed by atoms with Crippen molar-refractivity contribution in [3.8, 4) is 0 Å². The smallest absolute Gasteiger partial charge is 0.253 e. The first-order valence-electron chi connectivity index (χ1n) is 6.79. The molecule has 1 amide bonds. The highest BCUT2D eigenvalue weighted by Crippen LogP contribution is 2.14.